The number of aryl methyl sites for hydroxylation is 2. The molecule has 0 unspecified atom stereocenters. The maximum atomic E-state index is 12.2. The van der Waals surface area contributed by atoms with Crippen molar-refractivity contribution in [1.29, 1.82) is 0 Å². The number of aromatic nitrogens is 3. The molecule has 7 nitrogen and oxygen atoms in total. The third-order valence-corrected chi connectivity index (χ3v) is 5.88. The number of rotatable bonds is 6. The van der Waals surface area contributed by atoms with Crippen LogP contribution in [0, 0.1) is 5.92 Å². The van der Waals surface area contributed by atoms with Gasteiger partial charge in [-0.2, -0.15) is 5.10 Å². The van der Waals surface area contributed by atoms with E-state index in [2.05, 4.69) is 15.4 Å². The normalized spacial score (nSPS) is 16.3. The van der Waals surface area contributed by atoms with Crippen molar-refractivity contribution in [3.8, 4) is 11.3 Å². The summed E-state index contributed by atoms with van der Waals surface area (Å²) in [6, 6.07) is 1.90. The van der Waals surface area contributed by atoms with Crippen LogP contribution in [-0.2, 0) is 24.2 Å². The summed E-state index contributed by atoms with van der Waals surface area (Å²) in [5, 5.41) is 17.4. The minimum atomic E-state index is -0.947. The fourth-order valence-electron chi connectivity index (χ4n) is 4.42. The Morgan fingerprint density at radius 3 is 2.82 bits per heavy atom. The number of hydrogen-bond donors (Lipinski definition) is 2. The lowest BCUT2D eigenvalue weighted by atomic mass is 9.89. The molecular formula is C21H26N4O3. The van der Waals surface area contributed by atoms with Crippen molar-refractivity contribution in [3.05, 3.63) is 35.3 Å². The molecule has 0 bridgehead atoms. The van der Waals surface area contributed by atoms with Crippen LogP contribution in [0.25, 0.3) is 11.3 Å². The number of carbonyl (C=O) groups is 2. The van der Waals surface area contributed by atoms with E-state index < -0.39 is 5.97 Å². The first-order valence-corrected chi connectivity index (χ1v) is 10.2. The lowest BCUT2D eigenvalue weighted by Gasteiger charge is -2.20. The van der Waals surface area contributed by atoms with E-state index in [4.69, 9.17) is 0 Å². The first kappa shape index (κ1) is 18.7. The van der Waals surface area contributed by atoms with E-state index in [1.165, 1.54) is 6.42 Å². The van der Waals surface area contributed by atoms with Crippen LogP contribution in [0.5, 0.6) is 0 Å². The van der Waals surface area contributed by atoms with Crippen LogP contribution < -0.4 is 5.32 Å². The van der Waals surface area contributed by atoms with Crippen molar-refractivity contribution in [2.75, 3.05) is 6.54 Å². The number of carboxylic acid groups (broad SMARTS) is 1. The molecule has 0 radical (unpaired) electrons. The smallest absolute Gasteiger partial charge is 0.354 e. The first-order valence-electron chi connectivity index (χ1n) is 10.2. The minimum Gasteiger partial charge on any atom is -0.477 e. The molecule has 1 fully saturated rings. The molecule has 148 valence electrons. The van der Waals surface area contributed by atoms with Gasteiger partial charge in [-0.1, -0.05) is 19.3 Å². The third kappa shape index (κ3) is 3.66. The predicted molar refractivity (Wildman–Crippen MR) is 104 cm³/mol. The summed E-state index contributed by atoms with van der Waals surface area (Å²) in [6.45, 7) is 1.01. The highest BCUT2D eigenvalue weighted by molar-refractivity contribution is 5.90. The van der Waals surface area contributed by atoms with E-state index in [9.17, 15) is 14.7 Å². The van der Waals surface area contributed by atoms with Crippen molar-refractivity contribution in [2.45, 2.75) is 57.9 Å². The Kier molecular flexibility index (Phi) is 5.41. The maximum Gasteiger partial charge on any atom is 0.354 e. The molecule has 0 saturated heterocycles. The number of aromatic carboxylic acids is 1. The molecule has 7 heteroatoms. The number of nitrogens with zero attached hydrogens (tertiary/aromatic N) is 3. The SMILES string of the molecule is O=C(O)c1c2c(nn1CCCNC(=O)C1CCCCC1)-c1ccncc1CC2. The Bertz CT molecular complexity index is 884. The second kappa shape index (κ2) is 8.12. The highest BCUT2D eigenvalue weighted by Gasteiger charge is 2.28. The van der Waals surface area contributed by atoms with Gasteiger partial charge in [0.15, 0.2) is 0 Å². The van der Waals surface area contributed by atoms with Crippen molar-refractivity contribution in [1.82, 2.24) is 20.1 Å². The molecule has 4 rings (SSSR count). The fourth-order valence-corrected chi connectivity index (χ4v) is 4.42. The molecular weight excluding hydrogens is 356 g/mol. The summed E-state index contributed by atoms with van der Waals surface area (Å²) in [7, 11) is 0. The Balaban J connectivity index is 1.43. The van der Waals surface area contributed by atoms with Crippen molar-refractivity contribution < 1.29 is 14.7 Å². The second-order valence-corrected chi connectivity index (χ2v) is 7.72. The molecule has 2 aliphatic carbocycles. The van der Waals surface area contributed by atoms with Crippen LogP contribution in [-0.4, -0.2) is 38.3 Å². The molecule has 2 heterocycles. The summed E-state index contributed by atoms with van der Waals surface area (Å²) >= 11 is 0. The minimum absolute atomic E-state index is 0.138. The standard InChI is InChI=1S/C21H26N4O3/c26-20(14-5-2-1-3-6-14)23-10-4-12-25-19(21(27)28)17-8-7-15-13-22-11-9-16(15)18(17)24-25/h9,11,13-14H,1-8,10,12H2,(H,23,26)(H,27,28). The largest absolute Gasteiger partial charge is 0.477 e. The molecule has 2 aromatic heterocycles. The van der Waals surface area contributed by atoms with E-state index in [0.717, 1.165) is 54.5 Å². The van der Waals surface area contributed by atoms with Crippen molar-refractivity contribution in [2.24, 2.45) is 5.92 Å². The molecule has 0 spiro atoms. The van der Waals surface area contributed by atoms with E-state index >= 15 is 0 Å². The van der Waals surface area contributed by atoms with E-state index in [1.807, 2.05) is 12.3 Å². The Hall–Kier alpha value is -2.70. The molecule has 0 aliphatic heterocycles. The molecule has 2 N–H and O–H groups in total. The molecule has 1 amide bonds. The monoisotopic (exact) mass is 382 g/mol. The quantitative estimate of drug-likeness (QED) is 0.749. The number of carboxylic acids is 1. The van der Waals surface area contributed by atoms with E-state index in [-0.39, 0.29) is 17.5 Å². The summed E-state index contributed by atoms with van der Waals surface area (Å²) in [4.78, 5) is 28.3. The lowest BCUT2D eigenvalue weighted by Crippen LogP contribution is -2.33. The first-order chi connectivity index (χ1) is 13.6. The zero-order valence-electron chi connectivity index (χ0n) is 16.0. The molecule has 0 aromatic carbocycles. The van der Waals surface area contributed by atoms with Crippen molar-refractivity contribution in [3.63, 3.8) is 0 Å². The summed E-state index contributed by atoms with van der Waals surface area (Å²) in [6.07, 6.45) is 11.1. The Labute approximate surface area is 164 Å². The van der Waals surface area contributed by atoms with Gasteiger partial charge in [0.2, 0.25) is 5.91 Å². The summed E-state index contributed by atoms with van der Waals surface area (Å²) in [5.41, 5.74) is 3.92. The van der Waals surface area contributed by atoms with Gasteiger partial charge in [-0.3, -0.25) is 14.5 Å². The molecule has 2 aliphatic rings. The fraction of sp³-hybridized carbons (Fsp3) is 0.524. The summed E-state index contributed by atoms with van der Waals surface area (Å²) in [5.74, 6) is -0.665. The second-order valence-electron chi connectivity index (χ2n) is 7.72. The molecule has 1 saturated carbocycles. The van der Waals surface area contributed by atoms with Gasteiger partial charge < -0.3 is 10.4 Å². The van der Waals surface area contributed by atoms with Crippen LogP contribution in [0.4, 0.5) is 0 Å². The van der Waals surface area contributed by atoms with Crippen molar-refractivity contribution >= 4 is 11.9 Å². The zero-order chi connectivity index (χ0) is 19.5. The van der Waals surface area contributed by atoms with Crippen LogP contribution in [0.3, 0.4) is 0 Å². The Morgan fingerprint density at radius 2 is 2.04 bits per heavy atom. The van der Waals surface area contributed by atoms with E-state index in [0.29, 0.717) is 25.9 Å². The van der Waals surface area contributed by atoms with Gasteiger partial charge in [-0.25, -0.2) is 4.79 Å². The molecule has 28 heavy (non-hydrogen) atoms. The molecule has 0 atom stereocenters. The van der Waals surface area contributed by atoms with Gasteiger partial charge >= 0.3 is 5.97 Å². The maximum absolute atomic E-state index is 12.2. The molecule has 2 aromatic rings. The number of pyridine rings is 1. The highest BCUT2D eigenvalue weighted by atomic mass is 16.4. The number of hydrogen-bond acceptors (Lipinski definition) is 4. The zero-order valence-corrected chi connectivity index (χ0v) is 16.0. The van der Waals surface area contributed by atoms with Crippen LogP contribution >= 0.6 is 0 Å². The predicted octanol–water partition coefficient (Wildman–Crippen LogP) is 2.83. The van der Waals surface area contributed by atoms with Crippen LogP contribution in [0.15, 0.2) is 18.5 Å². The number of fused-ring (bicyclic) bond motifs is 3. The number of amides is 1. The van der Waals surface area contributed by atoms with Gasteiger partial charge in [0.05, 0.1) is 5.69 Å². The number of carbonyl (C=O) groups excluding carboxylic acids is 1. The van der Waals surface area contributed by atoms with Gasteiger partial charge in [-0.15, -0.1) is 0 Å². The average molecular weight is 382 g/mol. The van der Waals surface area contributed by atoms with Gasteiger partial charge in [0.25, 0.3) is 0 Å². The highest BCUT2D eigenvalue weighted by Crippen LogP contribution is 2.34. The number of nitrogens with one attached hydrogen (secondary N) is 1. The van der Waals surface area contributed by atoms with Crippen LogP contribution in [0.1, 0.15) is 60.1 Å². The van der Waals surface area contributed by atoms with Gasteiger partial charge in [-0.05, 0) is 43.7 Å². The van der Waals surface area contributed by atoms with Gasteiger partial charge in [0.1, 0.15) is 5.69 Å². The Morgan fingerprint density at radius 1 is 1.21 bits per heavy atom. The topological polar surface area (TPSA) is 97.1 Å². The lowest BCUT2D eigenvalue weighted by molar-refractivity contribution is -0.125. The van der Waals surface area contributed by atoms with Gasteiger partial charge in [0, 0.05) is 42.5 Å². The van der Waals surface area contributed by atoms with Crippen LogP contribution in [0.2, 0.25) is 0 Å². The summed E-state index contributed by atoms with van der Waals surface area (Å²) < 4.78 is 1.59. The third-order valence-electron chi connectivity index (χ3n) is 5.88. The average Bonchev–Trinajstić information content (AvgIpc) is 3.11. The van der Waals surface area contributed by atoms with E-state index in [1.54, 1.807) is 10.9 Å².